The predicted molar refractivity (Wildman–Crippen MR) is 114 cm³/mol. The first-order chi connectivity index (χ1) is 13.2. The zero-order valence-corrected chi connectivity index (χ0v) is 17.4. The Balaban J connectivity index is 1.66. The second-order valence-electron chi connectivity index (χ2n) is 8.04. The average molecular weight is 386 g/mol. The fourth-order valence-electron chi connectivity index (χ4n) is 4.22. The fraction of sp³-hybridized carbons (Fsp3) is 0.591. The van der Waals surface area contributed by atoms with E-state index in [1.807, 2.05) is 22.9 Å². The molecule has 0 radical (unpaired) electrons. The van der Waals surface area contributed by atoms with Crippen molar-refractivity contribution in [2.75, 3.05) is 25.4 Å². The van der Waals surface area contributed by atoms with Gasteiger partial charge < -0.3 is 10.2 Å². The molecule has 1 amide bonds. The standard InChI is InChI=1S/C22H31N3OS/c1-3-4-13-27-25-20-6-5-17(22(26)24-11-8-16(2)9-12-24)14-18(20)19-15-23-10-7-21(19)25/h5-6,14,16,23H,3-4,7-13,15H2,1-2H3. The van der Waals surface area contributed by atoms with E-state index in [1.54, 1.807) is 0 Å². The summed E-state index contributed by atoms with van der Waals surface area (Å²) in [6, 6.07) is 6.36. The Morgan fingerprint density at radius 2 is 2.11 bits per heavy atom. The zero-order chi connectivity index (χ0) is 18.8. The third-order valence-corrected chi connectivity index (χ3v) is 7.16. The molecule has 1 fully saturated rings. The fourth-order valence-corrected chi connectivity index (χ4v) is 5.48. The van der Waals surface area contributed by atoms with Crippen LogP contribution in [0.5, 0.6) is 0 Å². The molecule has 4 nitrogen and oxygen atoms in total. The van der Waals surface area contributed by atoms with Crippen LogP contribution in [0.15, 0.2) is 18.2 Å². The maximum absolute atomic E-state index is 13.0. The van der Waals surface area contributed by atoms with Crippen LogP contribution in [0.2, 0.25) is 0 Å². The van der Waals surface area contributed by atoms with E-state index < -0.39 is 0 Å². The summed E-state index contributed by atoms with van der Waals surface area (Å²) in [5.41, 5.74) is 4.96. The summed E-state index contributed by atoms with van der Waals surface area (Å²) < 4.78 is 2.44. The highest BCUT2D eigenvalue weighted by Gasteiger charge is 2.24. The smallest absolute Gasteiger partial charge is 0.253 e. The van der Waals surface area contributed by atoms with Crippen molar-refractivity contribution >= 4 is 28.8 Å². The number of nitrogens with one attached hydrogen (secondary N) is 1. The topological polar surface area (TPSA) is 37.3 Å². The van der Waals surface area contributed by atoms with Crippen molar-refractivity contribution < 1.29 is 4.79 Å². The van der Waals surface area contributed by atoms with Gasteiger partial charge in [0.2, 0.25) is 0 Å². The molecular weight excluding hydrogens is 354 g/mol. The summed E-state index contributed by atoms with van der Waals surface area (Å²) in [6.45, 7) is 8.26. The SMILES string of the molecule is CCCCSn1c2c(c3cc(C(=O)N4CCC(C)CC4)ccc31)CNCC2. The Bertz CT molecular complexity index is 821. The highest BCUT2D eigenvalue weighted by atomic mass is 32.2. The number of hydrogen-bond donors (Lipinski definition) is 1. The molecule has 146 valence electrons. The molecule has 3 heterocycles. The Hall–Kier alpha value is -1.46. The molecule has 0 aliphatic carbocycles. The first kappa shape index (κ1) is 18.9. The van der Waals surface area contributed by atoms with Gasteiger partial charge in [-0.2, -0.15) is 0 Å². The number of piperidine rings is 1. The van der Waals surface area contributed by atoms with Crippen molar-refractivity contribution in [3.05, 3.63) is 35.0 Å². The van der Waals surface area contributed by atoms with Gasteiger partial charge in [0.05, 0.1) is 5.52 Å². The first-order valence-electron chi connectivity index (χ1n) is 10.5. The van der Waals surface area contributed by atoms with Crippen molar-refractivity contribution in [1.82, 2.24) is 14.2 Å². The molecule has 0 unspecified atom stereocenters. The van der Waals surface area contributed by atoms with Crippen LogP contribution < -0.4 is 5.32 Å². The van der Waals surface area contributed by atoms with E-state index in [4.69, 9.17) is 0 Å². The lowest BCUT2D eigenvalue weighted by molar-refractivity contribution is 0.0697. The second kappa shape index (κ2) is 8.27. The summed E-state index contributed by atoms with van der Waals surface area (Å²) in [7, 11) is 0. The summed E-state index contributed by atoms with van der Waals surface area (Å²) >= 11 is 1.93. The van der Waals surface area contributed by atoms with Crippen LogP contribution in [0.25, 0.3) is 10.9 Å². The molecular formula is C22H31N3OS. The Kier molecular flexibility index (Phi) is 5.79. The van der Waals surface area contributed by atoms with Crippen molar-refractivity contribution in [3.63, 3.8) is 0 Å². The third-order valence-electron chi connectivity index (χ3n) is 6.01. The molecule has 0 bridgehead atoms. The van der Waals surface area contributed by atoms with Crippen molar-refractivity contribution in [1.29, 1.82) is 0 Å². The van der Waals surface area contributed by atoms with Crippen LogP contribution in [0.1, 0.15) is 61.1 Å². The molecule has 2 aliphatic heterocycles. The highest BCUT2D eigenvalue weighted by molar-refractivity contribution is 7.98. The van der Waals surface area contributed by atoms with Crippen molar-refractivity contribution in [2.24, 2.45) is 5.92 Å². The molecule has 1 N–H and O–H groups in total. The van der Waals surface area contributed by atoms with E-state index in [-0.39, 0.29) is 5.91 Å². The maximum Gasteiger partial charge on any atom is 0.253 e. The minimum Gasteiger partial charge on any atom is -0.339 e. The molecule has 5 heteroatoms. The number of hydrogen-bond acceptors (Lipinski definition) is 3. The zero-order valence-electron chi connectivity index (χ0n) is 16.6. The number of carbonyl (C=O) groups excluding carboxylic acids is 1. The quantitative estimate of drug-likeness (QED) is 0.773. The molecule has 1 aromatic carbocycles. The van der Waals surface area contributed by atoms with Crippen LogP contribution in [-0.4, -0.2) is 40.2 Å². The number of carbonyl (C=O) groups is 1. The number of nitrogens with zero attached hydrogens (tertiary/aromatic N) is 2. The number of likely N-dealkylation sites (tertiary alicyclic amines) is 1. The minimum atomic E-state index is 0.202. The minimum absolute atomic E-state index is 0.202. The summed E-state index contributed by atoms with van der Waals surface area (Å²) in [4.78, 5) is 15.1. The predicted octanol–water partition coefficient (Wildman–Crippen LogP) is 4.46. The third kappa shape index (κ3) is 3.77. The summed E-state index contributed by atoms with van der Waals surface area (Å²) in [6.07, 6.45) is 5.77. The van der Waals surface area contributed by atoms with Gasteiger partial charge in [-0.05, 0) is 60.9 Å². The van der Waals surface area contributed by atoms with Crippen LogP contribution in [0.3, 0.4) is 0 Å². The summed E-state index contributed by atoms with van der Waals surface area (Å²) in [5, 5.41) is 4.77. The van der Waals surface area contributed by atoms with E-state index in [0.717, 1.165) is 62.7 Å². The first-order valence-corrected chi connectivity index (χ1v) is 11.4. The molecule has 2 aromatic rings. The number of unbranched alkanes of at least 4 members (excludes halogenated alkanes) is 1. The van der Waals surface area contributed by atoms with E-state index >= 15 is 0 Å². The van der Waals surface area contributed by atoms with Crippen molar-refractivity contribution in [2.45, 2.75) is 52.5 Å². The van der Waals surface area contributed by atoms with Gasteiger partial charge in [0, 0.05) is 55.0 Å². The highest BCUT2D eigenvalue weighted by Crippen LogP contribution is 2.33. The second-order valence-corrected chi connectivity index (χ2v) is 9.07. The number of aromatic nitrogens is 1. The van der Waals surface area contributed by atoms with Gasteiger partial charge in [0.1, 0.15) is 0 Å². The van der Waals surface area contributed by atoms with Gasteiger partial charge in [-0.25, -0.2) is 0 Å². The largest absolute Gasteiger partial charge is 0.339 e. The lowest BCUT2D eigenvalue weighted by Gasteiger charge is -2.30. The van der Waals surface area contributed by atoms with Crippen LogP contribution in [0, 0.1) is 5.92 Å². The lowest BCUT2D eigenvalue weighted by atomic mass is 9.98. The van der Waals surface area contributed by atoms with Crippen molar-refractivity contribution in [3.8, 4) is 0 Å². The Morgan fingerprint density at radius 1 is 1.30 bits per heavy atom. The van der Waals surface area contributed by atoms with E-state index in [0.29, 0.717) is 0 Å². The Morgan fingerprint density at radius 3 is 2.89 bits per heavy atom. The number of rotatable bonds is 5. The van der Waals surface area contributed by atoms with Gasteiger partial charge in [0.15, 0.2) is 0 Å². The van der Waals surface area contributed by atoms with Crippen LogP contribution >= 0.6 is 11.9 Å². The number of fused-ring (bicyclic) bond motifs is 3. The summed E-state index contributed by atoms with van der Waals surface area (Å²) in [5.74, 6) is 2.09. The maximum atomic E-state index is 13.0. The molecule has 2 aliphatic rings. The van der Waals surface area contributed by atoms with Gasteiger partial charge >= 0.3 is 0 Å². The van der Waals surface area contributed by atoms with E-state index in [9.17, 15) is 4.79 Å². The van der Waals surface area contributed by atoms with Gasteiger partial charge in [0.25, 0.3) is 5.91 Å². The molecule has 1 aromatic heterocycles. The van der Waals surface area contributed by atoms with Gasteiger partial charge in [-0.1, -0.05) is 20.3 Å². The van der Waals surface area contributed by atoms with Gasteiger partial charge in [-0.15, -0.1) is 0 Å². The van der Waals surface area contributed by atoms with Crippen LogP contribution in [0.4, 0.5) is 0 Å². The lowest BCUT2D eigenvalue weighted by Crippen LogP contribution is -2.37. The molecule has 4 rings (SSSR count). The normalized spacial score (nSPS) is 18.1. The molecule has 27 heavy (non-hydrogen) atoms. The average Bonchev–Trinajstić information content (AvgIpc) is 3.02. The molecule has 0 saturated carbocycles. The van der Waals surface area contributed by atoms with E-state index in [1.165, 1.54) is 35.0 Å². The molecule has 0 atom stereocenters. The van der Waals surface area contributed by atoms with E-state index in [2.05, 4.69) is 35.3 Å². The monoisotopic (exact) mass is 385 g/mol. The number of benzene rings is 1. The molecule has 1 saturated heterocycles. The van der Waals surface area contributed by atoms with Crippen LogP contribution in [-0.2, 0) is 13.0 Å². The molecule has 0 spiro atoms. The van der Waals surface area contributed by atoms with Gasteiger partial charge in [-0.3, -0.25) is 8.77 Å². The number of amides is 1. The Labute approximate surface area is 166 Å².